The number of hydrogen-bond acceptors (Lipinski definition) is 2. The van der Waals surface area contributed by atoms with Crippen molar-refractivity contribution in [1.82, 2.24) is 0 Å². The van der Waals surface area contributed by atoms with Crippen LogP contribution in [0.4, 0.5) is 8.78 Å². The Morgan fingerprint density at radius 3 is 2.15 bits per heavy atom. The van der Waals surface area contributed by atoms with Gasteiger partial charge in [0.25, 0.3) is 0 Å². The van der Waals surface area contributed by atoms with Crippen molar-refractivity contribution in [2.24, 2.45) is 5.92 Å². The molecular formula is C7H14F2O3S. The van der Waals surface area contributed by atoms with Crippen LogP contribution in [0.5, 0.6) is 0 Å². The fraction of sp³-hybridized carbons (Fsp3) is 1.00. The van der Waals surface area contributed by atoms with Crippen LogP contribution in [0.15, 0.2) is 0 Å². The van der Waals surface area contributed by atoms with E-state index in [0.717, 1.165) is 0 Å². The van der Waals surface area contributed by atoms with Gasteiger partial charge in [0.1, 0.15) is 0 Å². The van der Waals surface area contributed by atoms with Gasteiger partial charge in [-0.25, -0.2) is 0 Å². The molecule has 0 atom stereocenters. The first-order valence-electron chi connectivity index (χ1n) is 4.01. The van der Waals surface area contributed by atoms with E-state index in [1.165, 1.54) is 0 Å². The highest BCUT2D eigenvalue weighted by Crippen LogP contribution is 2.27. The molecule has 0 aromatic carbocycles. The first-order valence-corrected chi connectivity index (χ1v) is 5.45. The van der Waals surface area contributed by atoms with Gasteiger partial charge in [-0.2, -0.15) is 17.2 Å². The second-order valence-corrected chi connectivity index (χ2v) is 4.95. The van der Waals surface area contributed by atoms with Crippen LogP contribution in [0, 0.1) is 5.92 Å². The lowest BCUT2D eigenvalue weighted by Crippen LogP contribution is -2.27. The second-order valence-electron chi connectivity index (χ2n) is 3.40. The predicted octanol–water partition coefficient (Wildman–Crippen LogP) is 2.29. The minimum absolute atomic E-state index is 0.0878. The van der Waals surface area contributed by atoms with Crippen molar-refractivity contribution in [3.05, 3.63) is 0 Å². The summed E-state index contributed by atoms with van der Waals surface area (Å²) in [7, 11) is -5.23. The molecule has 0 saturated heterocycles. The van der Waals surface area contributed by atoms with Crippen molar-refractivity contribution in [1.29, 1.82) is 0 Å². The van der Waals surface area contributed by atoms with Crippen molar-refractivity contribution in [2.45, 2.75) is 38.4 Å². The Bertz CT molecular complexity index is 246. The van der Waals surface area contributed by atoms with Crippen LogP contribution in [0.3, 0.4) is 0 Å². The van der Waals surface area contributed by atoms with Gasteiger partial charge in [0.15, 0.2) is 0 Å². The quantitative estimate of drug-likeness (QED) is 0.717. The Kier molecular flexibility index (Phi) is 4.25. The van der Waals surface area contributed by atoms with Gasteiger partial charge in [0.2, 0.25) is 0 Å². The zero-order valence-corrected chi connectivity index (χ0v) is 8.44. The fourth-order valence-corrected chi connectivity index (χ4v) is 1.25. The number of hydrogen-bond donors (Lipinski definition) is 1. The highest BCUT2D eigenvalue weighted by Gasteiger charge is 2.42. The van der Waals surface area contributed by atoms with Crippen molar-refractivity contribution in [2.75, 3.05) is 0 Å². The van der Waals surface area contributed by atoms with E-state index in [4.69, 9.17) is 4.55 Å². The Hall–Kier alpha value is -0.230. The van der Waals surface area contributed by atoms with E-state index in [-0.39, 0.29) is 12.3 Å². The number of alkyl halides is 2. The Morgan fingerprint density at radius 2 is 1.85 bits per heavy atom. The SMILES string of the molecule is CC(C)CCCC(F)(F)S(=O)(=O)O. The summed E-state index contributed by atoms with van der Waals surface area (Å²) in [5.74, 6) is 0.247. The molecule has 0 spiro atoms. The summed E-state index contributed by atoms with van der Waals surface area (Å²) >= 11 is 0. The maximum atomic E-state index is 12.5. The molecule has 0 radical (unpaired) electrons. The monoisotopic (exact) mass is 216 g/mol. The van der Waals surface area contributed by atoms with Crippen molar-refractivity contribution >= 4 is 10.1 Å². The normalized spacial score (nSPS) is 13.7. The molecule has 0 saturated carbocycles. The molecule has 1 N–H and O–H groups in total. The third-order valence-electron chi connectivity index (χ3n) is 1.63. The molecule has 0 rings (SSSR count). The van der Waals surface area contributed by atoms with E-state index in [0.29, 0.717) is 6.42 Å². The largest absolute Gasteiger partial charge is 0.370 e. The van der Waals surface area contributed by atoms with Crippen molar-refractivity contribution in [3.8, 4) is 0 Å². The van der Waals surface area contributed by atoms with Gasteiger partial charge in [0.05, 0.1) is 0 Å². The molecule has 0 aliphatic heterocycles. The highest BCUT2D eigenvalue weighted by molar-refractivity contribution is 7.86. The van der Waals surface area contributed by atoms with E-state index in [2.05, 4.69) is 0 Å². The molecule has 0 heterocycles. The summed E-state index contributed by atoms with van der Waals surface area (Å²) < 4.78 is 53.5. The summed E-state index contributed by atoms with van der Waals surface area (Å²) in [5, 5.41) is -4.00. The van der Waals surface area contributed by atoms with E-state index in [1.807, 2.05) is 13.8 Å². The van der Waals surface area contributed by atoms with Gasteiger partial charge >= 0.3 is 15.4 Å². The fourth-order valence-electron chi connectivity index (χ4n) is 0.845. The van der Waals surface area contributed by atoms with Crippen LogP contribution in [0.1, 0.15) is 33.1 Å². The Balaban J connectivity index is 4.06. The van der Waals surface area contributed by atoms with E-state index in [1.54, 1.807) is 0 Å². The third-order valence-corrected chi connectivity index (χ3v) is 2.59. The summed E-state index contributed by atoms with van der Waals surface area (Å²) in [5.41, 5.74) is 0. The molecule has 0 aromatic rings. The Labute approximate surface area is 76.9 Å². The lowest BCUT2D eigenvalue weighted by molar-refractivity contribution is 0.0675. The molecule has 3 nitrogen and oxygen atoms in total. The average molecular weight is 216 g/mol. The molecule has 0 aromatic heterocycles. The third kappa shape index (κ3) is 4.52. The maximum absolute atomic E-state index is 12.5. The minimum atomic E-state index is -5.23. The summed E-state index contributed by atoms with van der Waals surface area (Å²) in [6, 6.07) is 0. The van der Waals surface area contributed by atoms with E-state index < -0.39 is 21.8 Å². The Morgan fingerprint density at radius 1 is 1.38 bits per heavy atom. The van der Waals surface area contributed by atoms with Crippen LogP contribution in [0.2, 0.25) is 0 Å². The molecule has 6 heteroatoms. The predicted molar refractivity (Wildman–Crippen MR) is 45.2 cm³/mol. The maximum Gasteiger partial charge on any atom is 0.370 e. The molecule has 0 unspecified atom stereocenters. The van der Waals surface area contributed by atoms with Gasteiger partial charge in [-0.3, -0.25) is 4.55 Å². The zero-order chi connectivity index (χ0) is 10.7. The topological polar surface area (TPSA) is 54.4 Å². The van der Waals surface area contributed by atoms with E-state index >= 15 is 0 Å². The van der Waals surface area contributed by atoms with Crippen LogP contribution in [-0.2, 0) is 10.1 Å². The van der Waals surface area contributed by atoms with Crippen molar-refractivity contribution in [3.63, 3.8) is 0 Å². The van der Waals surface area contributed by atoms with E-state index in [9.17, 15) is 17.2 Å². The first-order chi connectivity index (χ1) is 5.67. The first kappa shape index (κ1) is 12.8. The van der Waals surface area contributed by atoms with Gasteiger partial charge in [0, 0.05) is 6.42 Å². The standard InChI is InChI=1S/C7H14F2O3S/c1-6(2)4-3-5-7(8,9)13(10,11)12/h6H,3-5H2,1-2H3,(H,10,11,12). The minimum Gasteiger partial charge on any atom is -0.281 e. The highest BCUT2D eigenvalue weighted by atomic mass is 32.2. The van der Waals surface area contributed by atoms with Crippen LogP contribution < -0.4 is 0 Å². The smallest absolute Gasteiger partial charge is 0.281 e. The van der Waals surface area contributed by atoms with Crippen LogP contribution in [-0.4, -0.2) is 18.2 Å². The second kappa shape index (κ2) is 4.32. The molecule has 80 valence electrons. The molecule has 13 heavy (non-hydrogen) atoms. The van der Waals surface area contributed by atoms with Gasteiger partial charge < -0.3 is 0 Å². The van der Waals surface area contributed by atoms with Gasteiger partial charge in [-0.1, -0.05) is 20.3 Å². The lowest BCUT2D eigenvalue weighted by Gasteiger charge is -2.12. The molecular weight excluding hydrogens is 202 g/mol. The number of halogens is 2. The van der Waals surface area contributed by atoms with Crippen LogP contribution in [0.25, 0.3) is 0 Å². The number of rotatable bonds is 5. The van der Waals surface area contributed by atoms with Crippen molar-refractivity contribution < 1.29 is 21.8 Å². The summed E-state index contributed by atoms with van der Waals surface area (Å²) in [4.78, 5) is 0. The molecule has 0 aliphatic carbocycles. The average Bonchev–Trinajstić information content (AvgIpc) is 1.82. The molecule has 0 bridgehead atoms. The van der Waals surface area contributed by atoms with Crippen LogP contribution >= 0.6 is 0 Å². The van der Waals surface area contributed by atoms with Gasteiger partial charge in [-0.15, -0.1) is 0 Å². The molecule has 0 amide bonds. The summed E-state index contributed by atoms with van der Waals surface area (Å²) in [6.07, 6.45) is -0.209. The van der Waals surface area contributed by atoms with Gasteiger partial charge in [-0.05, 0) is 12.3 Å². The zero-order valence-electron chi connectivity index (χ0n) is 7.63. The molecule has 0 fully saturated rings. The summed E-state index contributed by atoms with van der Waals surface area (Å²) in [6.45, 7) is 3.71. The molecule has 0 aliphatic rings. The lowest BCUT2D eigenvalue weighted by atomic mass is 10.1.